The summed E-state index contributed by atoms with van der Waals surface area (Å²) in [5, 5.41) is 0. The van der Waals surface area contributed by atoms with Crippen LogP contribution in [0.3, 0.4) is 0 Å². The highest BCUT2D eigenvalue weighted by atomic mass is 16.2. The molecular formula is C15H26N2O. The molecule has 0 aromatic rings. The lowest BCUT2D eigenvalue weighted by molar-refractivity contribution is -0.139. The van der Waals surface area contributed by atoms with Gasteiger partial charge in [0.1, 0.15) is 0 Å². The first-order chi connectivity index (χ1) is 8.70. The smallest absolute Gasteiger partial charge is 0.227 e. The van der Waals surface area contributed by atoms with Gasteiger partial charge in [-0.15, -0.1) is 0 Å². The van der Waals surface area contributed by atoms with Gasteiger partial charge in [0.2, 0.25) is 5.91 Å². The van der Waals surface area contributed by atoms with E-state index in [4.69, 9.17) is 5.73 Å². The second-order valence-corrected chi connectivity index (χ2v) is 6.64. The van der Waals surface area contributed by atoms with Crippen molar-refractivity contribution < 1.29 is 4.79 Å². The molecule has 3 nitrogen and oxygen atoms in total. The lowest BCUT2D eigenvalue weighted by atomic mass is 9.83. The molecular weight excluding hydrogens is 224 g/mol. The molecule has 3 heteroatoms. The van der Waals surface area contributed by atoms with Crippen LogP contribution in [-0.2, 0) is 4.79 Å². The van der Waals surface area contributed by atoms with Crippen LogP contribution in [-0.4, -0.2) is 29.9 Å². The largest absolute Gasteiger partial charge is 0.342 e. The zero-order valence-corrected chi connectivity index (χ0v) is 11.5. The van der Waals surface area contributed by atoms with Crippen molar-refractivity contribution in [2.75, 3.05) is 13.1 Å². The lowest BCUT2D eigenvalue weighted by Crippen LogP contribution is -2.49. The molecule has 2 aliphatic carbocycles. The van der Waals surface area contributed by atoms with E-state index < -0.39 is 0 Å². The molecule has 5 unspecified atom stereocenters. The second kappa shape index (κ2) is 4.84. The number of piperidine rings is 1. The Bertz CT molecular complexity index is 328. The summed E-state index contributed by atoms with van der Waals surface area (Å²) in [7, 11) is 0. The fourth-order valence-electron chi connectivity index (χ4n) is 4.51. The average Bonchev–Trinajstić information content (AvgIpc) is 2.99. The Morgan fingerprint density at radius 2 is 2.06 bits per heavy atom. The van der Waals surface area contributed by atoms with Crippen LogP contribution < -0.4 is 5.73 Å². The van der Waals surface area contributed by atoms with Crippen molar-refractivity contribution >= 4 is 5.91 Å². The summed E-state index contributed by atoms with van der Waals surface area (Å²) in [4.78, 5) is 14.8. The maximum atomic E-state index is 12.7. The predicted molar refractivity (Wildman–Crippen MR) is 71.9 cm³/mol. The van der Waals surface area contributed by atoms with E-state index in [1.165, 1.54) is 38.5 Å². The van der Waals surface area contributed by atoms with Crippen LogP contribution in [0.4, 0.5) is 0 Å². The number of nitrogens with zero attached hydrogens (tertiary/aromatic N) is 1. The third-order valence-electron chi connectivity index (χ3n) is 5.67. The average molecular weight is 250 g/mol. The Morgan fingerprint density at radius 3 is 2.72 bits per heavy atom. The first-order valence-corrected chi connectivity index (χ1v) is 7.75. The van der Waals surface area contributed by atoms with E-state index in [1.807, 2.05) is 0 Å². The van der Waals surface area contributed by atoms with E-state index in [-0.39, 0.29) is 12.0 Å². The lowest BCUT2D eigenvalue weighted by Gasteiger charge is -2.37. The molecule has 0 spiro atoms. The number of likely N-dealkylation sites (tertiary alicyclic amines) is 1. The highest BCUT2D eigenvalue weighted by Gasteiger charge is 2.50. The zero-order valence-electron chi connectivity index (χ0n) is 11.5. The van der Waals surface area contributed by atoms with Crippen molar-refractivity contribution in [3.8, 4) is 0 Å². The van der Waals surface area contributed by atoms with Crippen LogP contribution in [0.25, 0.3) is 0 Å². The molecule has 1 aliphatic heterocycles. The van der Waals surface area contributed by atoms with Crippen molar-refractivity contribution in [1.82, 2.24) is 4.90 Å². The molecule has 0 radical (unpaired) electrons. The number of carbonyl (C=O) groups excluding carboxylic acids is 1. The van der Waals surface area contributed by atoms with E-state index in [0.717, 1.165) is 19.0 Å². The molecule has 3 fully saturated rings. The maximum Gasteiger partial charge on any atom is 0.227 e. The van der Waals surface area contributed by atoms with Crippen LogP contribution in [0, 0.1) is 23.7 Å². The van der Waals surface area contributed by atoms with Gasteiger partial charge >= 0.3 is 0 Å². The maximum absolute atomic E-state index is 12.7. The zero-order chi connectivity index (χ0) is 12.7. The minimum atomic E-state index is 0.151. The summed E-state index contributed by atoms with van der Waals surface area (Å²) in [6.45, 7) is 4.19. The summed E-state index contributed by atoms with van der Waals surface area (Å²) in [6.07, 6.45) is 7.38. The van der Waals surface area contributed by atoms with E-state index in [2.05, 4.69) is 11.8 Å². The number of hydrogen-bond acceptors (Lipinski definition) is 2. The van der Waals surface area contributed by atoms with Crippen LogP contribution in [0.2, 0.25) is 0 Å². The third kappa shape index (κ3) is 1.97. The third-order valence-corrected chi connectivity index (χ3v) is 5.67. The molecule has 0 aromatic heterocycles. The topological polar surface area (TPSA) is 46.3 Å². The van der Waals surface area contributed by atoms with Gasteiger partial charge in [0.05, 0.1) is 5.92 Å². The number of hydrogen-bond donors (Lipinski definition) is 1. The molecule has 0 aromatic carbocycles. The molecule has 1 heterocycles. The van der Waals surface area contributed by atoms with Gasteiger partial charge in [-0.25, -0.2) is 0 Å². The Hall–Kier alpha value is -0.570. The van der Waals surface area contributed by atoms with Gasteiger partial charge in [-0.05, 0) is 49.9 Å². The molecule has 2 N–H and O–H groups in total. The quantitative estimate of drug-likeness (QED) is 0.815. The Kier molecular flexibility index (Phi) is 3.35. The molecule has 3 aliphatic rings. The van der Waals surface area contributed by atoms with E-state index in [9.17, 15) is 4.79 Å². The normalized spacial score (nSPS) is 43.4. The first-order valence-electron chi connectivity index (χ1n) is 7.75. The predicted octanol–water partition coefficient (Wildman–Crippen LogP) is 2.01. The molecule has 1 amide bonds. The van der Waals surface area contributed by atoms with Crippen molar-refractivity contribution in [3.63, 3.8) is 0 Å². The second-order valence-electron chi connectivity index (χ2n) is 6.64. The number of fused-ring (bicyclic) bond motifs is 2. The fourth-order valence-corrected chi connectivity index (χ4v) is 4.51. The number of carbonyl (C=O) groups is 1. The number of rotatable bonds is 2. The van der Waals surface area contributed by atoms with Crippen LogP contribution in [0.5, 0.6) is 0 Å². The van der Waals surface area contributed by atoms with Gasteiger partial charge < -0.3 is 10.6 Å². The summed E-state index contributed by atoms with van der Waals surface area (Å²) in [5.41, 5.74) is 6.29. The summed E-state index contributed by atoms with van der Waals surface area (Å²) in [6, 6.07) is 0.151. The van der Waals surface area contributed by atoms with Crippen LogP contribution in [0.1, 0.15) is 45.4 Å². The van der Waals surface area contributed by atoms with Gasteiger partial charge in [0.15, 0.2) is 0 Å². The van der Waals surface area contributed by atoms with Gasteiger partial charge in [-0.2, -0.15) is 0 Å². The Balaban J connectivity index is 1.67. The number of nitrogens with two attached hydrogens (primary N) is 1. The van der Waals surface area contributed by atoms with Crippen LogP contribution in [0.15, 0.2) is 0 Å². The summed E-state index contributed by atoms with van der Waals surface area (Å²) in [5.74, 6) is 2.49. The highest BCUT2D eigenvalue weighted by Crippen LogP contribution is 2.48. The molecule has 18 heavy (non-hydrogen) atoms. The SMILES string of the molecule is CCC1CCCN(C(=O)C2C3CCC(C3)C2N)C1. The number of amides is 1. The van der Waals surface area contributed by atoms with Crippen molar-refractivity contribution in [3.05, 3.63) is 0 Å². The van der Waals surface area contributed by atoms with Gasteiger partial charge in [-0.1, -0.05) is 13.3 Å². The van der Waals surface area contributed by atoms with Gasteiger partial charge in [0, 0.05) is 19.1 Å². The molecule has 5 atom stereocenters. The molecule has 2 saturated carbocycles. The van der Waals surface area contributed by atoms with E-state index in [0.29, 0.717) is 17.7 Å². The minimum Gasteiger partial charge on any atom is -0.342 e. The minimum absolute atomic E-state index is 0.151. The monoisotopic (exact) mass is 250 g/mol. The van der Waals surface area contributed by atoms with Crippen LogP contribution >= 0.6 is 0 Å². The first kappa shape index (κ1) is 12.5. The fraction of sp³-hybridized carbons (Fsp3) is 0.933. The Morgan fingerprint density at radius 1 is 1.28 bits per heavy atom. The summed E-state index contributed by atoms with van der Waals surface area (Å²) < 4.78 is 0. The summed E-state index contributed by atoms with van der Waals surface area (Å²) >= 11 is 0. The highest BCUT2D eigenvalue weighted by molar-refractivity contribution is 5.80. The van der Waals surface area contributed by atoms with Crippen molar-refractivity contribution in [2.24, 2.45) is 29.4 Å². The van der Waals surface area contributed by atoms with Gasteiger partial charge in [0.25, 0.3) is 0 Å². The molecule has 3 rings (SSSR count). The van der Waals surface area contributed by atoms with Crippen molar-refractivity contribution in [1.29, 1.82) is 0 Å². The van der Waals surface area contributed by atoms with E-state index in [1.54, 1.807) is 0 Å². The van der Waals surface area contributed by atoms with E-state index >= 15 is 0 Å². The Labute approximate surface area is 110 Å². The standard InChI is InChI=1S/C15H26N2O/c1-2-10-4-3-7-17(9-10)15(18)13-11-5-6-12(8-11)14(13)16/h10-14H,2-9,16H2,1H3. The molecule has 1 saturated heterocycles. The molecule has 2 bridgehead atoms. The van der Waals surface area contributed by atoms with Gasteiger partial charge in [-0.3, -0.25) is 4.79 Å². The van der Waals surface area contributed by atoms with Crippen molar-refractivity contribution in [2.45, 2.75) is 51.5 Å². The molecule has 102 valence electrons.